The second kappa shape index (κ2) is 6.99. The average Bonchev–Trinajstić information content (AvgIpc) is 2.48. The summed E-state index contributed by atoms with van der Waals surface area (Å²) in [5, 5.41) is 0. The van der Waals surface area contributed by atoms with Crippen LogP contribution in [0.2, 0.25) is 0 Å². The molecule has 0 N–H and O–H groups in total. The second-order valence-electron chi connectivity index (χ2n) is 6.20. The number of amides is 1. The molecule has 3 heteroatoms. The number of piperidine rings is 1. The molecule has 0 atom stereocenters. The summed E-state index contributed by atoms with van der Waals surface area (Å²) in [6.07, 6.45) is 6.64. The van der Waals surface area contributed by atoms with E-state index in [1.165, 1.54) is 19.3 Å². The Bertz CT molecular complexity index is 543. The molecular formula is C19H25NO2. The second-order valence-corrected chi connectivity index (χ2v) is 6.20. The lowest BCUT2D eigenvalue weighted by molar-refractivity contribution is -0.130. The highest BCUT2D eigenvalue weighted by Gasteiger charge is 2.22. The van der Waals surface area contributed by atoms with E-state index in [1.54, 1.807) is 11.1 Å². The Kier molecular flexibility index (Phi) is 4.81. The van der Waals surface area contributed by atoms with Crippen molar-refractivity contribution < 1.29 is 9.53 Å². The third-order valence-electron chi connectivity index (χ3n) is 4.77. The topological polar surface area (TPSA) is 29.5 Å². The first kappa shape index (κ1) is 15.1. The standard InChI is InChI=1S/C19H25NO2/c1-2-22-18-8-6-15(7-9-18)14-19(21)20-12-10-17(11-13-20)16-4-3-5-16/h6-9H,2-5,10-14H2,1H3. The molecule has 2 fully saturated rings. The van der Waals surface area contributed by atoms with Gasteiger partial charge in [0.05, 0.1) is 13.0 Å². The SMILES string of the molecule is CCOc1ccc(CC(=O)N2CCC(=C3CCC3)CC2)cc1. The van der Waals surface area contributed by atoms with Crippen molar-refractivity contribution in [1.82, 2.24) is 4.90 Å². The lowest BCUT2D eigenvalue weighted by Crippen LogP contribution is -2.37. The van der Waals surface area contributed by atoms with Crippen molar-refractivity contribution in [3.8, 4) is 5.75 Å². The molecule has 3 rings (SSSR count). The molecule has 1 aromatic rings. The molecule has 0 unspecified atom stereocenters. The molecule has 1 saturated heterocycles. The van der Waals surface area contributed by atoms with Gasteiger partial charge in [-0.25, -0.2) is 0 Å². The number of rotatable bonds is 4. The van der Waals surface area contributed by atoms with Crippen molar-refractivity contribution in [2.24, 2.45) is 0 Å². The van der Waals surface area contributed by atoms with Gasteiger partial charge in [0.15, 0.2) is 0 Å². The normalized spacial score (nSPS) is 18.1. The van der Waals surface area contributed by atoms with E-state index >= 15 is 0 Å². The highest BCUT2D eigenvalue weighted by atomic mass is 16.5. The van der Waals surface area contributed by atoms with Crippen LogP contribution in [0.15, 0.2) is 35.4 Å². The molecule has 0 bridgehead atoms. The zero-order valence-corrected chi connectivity index (χ0v) is 13.4. The van der Waals surface area contributed by atoms with E-state index in [2.05, 4.69) is 0 Å². The van der Waals surface area contributed by atoms with Gasteiger partial charge in [-0.2, -0.15) is 0 Å². The van der Waals surface area contributed by atoms with E-state index in [-0.39, 0.29) is 5.91 Å². The Labute approximate surface area is 133 Å². The van der Waals surface area contributed by atoms with Gasteiger partial charge in [-0.15, -0.1) is 0 Å². The Morgan fingerprint density at radius 2 is 1.68 bits per heavy atom. The minimum Gasteiger partial charge on any atom is -0.494 e. The van der Waals surface area contributed by atoms with Crippen LogP contribution in [0.5, 0.6) is 5.75 Å². The van der Waals surface area contributed by atoms with Crippen molar-refractivity contribution >= 4 is 5.91 Å². The highest BCUT2D eigenvalue weighted by Crippen LogP contribution is 2.33. The summed E-state index contributed by atoms with van der Waals surface area (Å²) in [7, 11) is 0. The Balaban J connectivity index is 1.52. The van der Waals surface area contributed by atoms with E-state index in [9.17, 15) is 4.79 Å². The maximum Gasteiger partial charge on any atom is 0.227 e. The van der Waals surface area contributed by atoms with Crippen LogP contribution in [0.3, 0.4) is 0 Å². The van der Waals surface area contributed by atoms with E-state index < -0.39 is 0 Å². The lowest BCUT2D eigenvalue weighted by Gasteiger charge is -2.32. The molecular weight excluding hydrogens is 274 g/mol. The van der Waals surface area contributed by atoms with Crippen LogP contribution in [-0.4, -0.2) is 30.5 Å². The Morgan fingerprint density at radius 1 is 1.05 bits per heavy atom. The maximum absolute atomic E-state index is 12.4. The number of likely N-dealkylation sites (tertiary alicyclic amines) is 1. The summed E-state index contributed by atoms with van der Waals surface area (Å²) < 4.78 is 5.43. The molecule has 0 aromatic heterocycles. The van der Waals surface area contributed by atoms with Gasteiger partial charge in [-0.3, -0.25) is 4.79 Å². The number of ether oxygens (including phenoxy) is 1. The molecule has 1 saturated carbocycles. The predicted molar refractivity (Wildman–Crippen MR) is 88.0 cm³/mol. The van der Waals surface area contributed by atoms with Crippen molar-refractivity contribution in [3.63, 3.8) is 0 Å². The summed E-state index contributed by atoms with van der Waals surface area (Å²) in [5.74, 6) is 1.12. The zero-order chi connectivity index (χ0) is 15.4. The third kappa shape index (κ3) is 3.52. The number of allylic oxidation sites excluding steroid dienone is 1. The fourth-order valence-electron chi connectivity index (χ4n) is 3.24. The van der Waals surface area contributed by atoms with Gasteiger partial charge in [0.1, 0.15) is 5.75 Å². The van der Waals surface area contributed by atoms with Gasteiger partial charge < -0.3 is 9.64 Å². The molecule has 3 nitrogen and oxygen atoms in total. The first-order valence-electron chi connectivity index (χ1n) is 8.45. The van der Waals surface area contributed by atoms with Gasteiger partial charge in [-0.05, 0) is 56.7 Å². The van der Waals surface area contributed by atoms with Crippen molar-refractivity contribution in [1.29, 1.82) is 0 Å². The summed E-state index contributed by atoms with van der Waals surface area (Å²) in [6, 6.07) is 7.88. The third-order valence-corrected chi connectivity index (χ3v) is 4.77. The monoisotopic (exact) mass is 299 g/mol. The van der Waals surface area contributed by atoms with E-state index in [0.29, 0.717) is 13.0 Å². The zero-order valence-electron chi connectivity index (χ0n) is 13.4. The van der Waals surface area contributed by atoms with Gasteiger partial charge in [0.2, 0.25) is 5.91 Å². The van der Waals surface area contributed by atoms with Crippen LogP contribution in [0.4, 0.5) is 0 Å². The molecule has 1 amide bonds. The summed E-state index contributed by atoms with van der Waals surface area (Å²) in [4.78, 5) is 14.4. The molecule has 118 valence electrons. The maximum atomic E-state index is 12.4. The lowest BCUT2D eigenvalue weighted by atomic mass is 9.84. The molecule has 1 aromatic carbocycles. The van der Waals surface area contributed by atoms with Crippen molar-refractivity contribution in [3.05, 3.63) is 41.0 Å². The van der Waals surface area contributed by atoms with Gasteiger partial charge in [0, 0.05) is 13.1 Å². The Morgan fingerprint density at radius 3 is 2.23 bits per heavy atom. The molecule has 1 aliphatic heterocycles. The molecule has 2 aliphatic rings. The average molecular weight is 299 g/mol. The first-order valence-corrected chi connectivity index (χ1v) is 8.45. The number of hydrogen-bond donors (Lipinski definition) is 0. The van der Waals surface area contributed by atoms with E-state index in [1.807, 2.05) is 36.1 Å². The summed E-state index contributed by atoms with van der Waals surface area (Å²) in [5.41, 5.74) is 4.38. The number of hydrogen-bond acceptors (Lipinski definition) is 2. The first-order chi connectivity index (χ1) is 10.8. The van der Waals surface area contributed by atoms with Gasteiger partial charge in [0.25, 0.3) is 0 Å². The van der Waals surface area contributed by atoms with Crippen LogP contribution in [0, 0.1) is 0 Å². The summed E-state index contributed by atoms with van der Waals surface area (Å²) in [6.45, 7) is 4.44. The minimum absolute atomic E-state index is 0.252. The largest absolute Gasteiger partial charge is 0.494 e. The summed E-state index contributed by atoms with van der Waals surface area (Å²) >= 11 is 0. The quantitative estimate of drug-likeness (QED) is 0.793. The van der Waals surface area contributed by atoms with Crippen LogP contribution in [0.25, 0.3) is 0 Å². The molecule has 0 radical (unpaired) electrons. The van der Waals surface area contributed by atoms with Crippen molar-refractivity contribution in [2.45, 2.75) is 45.4 Å². The number of carbonyl (C=O) groups is 1. The molecule has 22 heavy (non-hydrogen) atoms. The number of benzene rings is 1. The van der Waals surface area contributed by atoms with Crippen LogP contribution in [-0.2, 0) is 11.2 Å². The number of carbonyl (C=O) groups excluding carboxylic acids is 1. The fraction of sp³-hybridized carbons (Fsp3) is 0.526. The Hall–Kier alpha value is -1.77. The highest BCUT2D eigenvalue weighted by molar-refractivity contribution is 5.79. The van der Waals surface area contributed by atoms with Crippen LogP contribution in [0.1, 0.15) is 44.6 Å². The fourth-order valence-corrected chi connectivity index (χ4v) is 3.24. The predicted octanol–water partition coefficient (Wildman–Crippen LogP) is 3.73. The van der Waals surface area contributed by atoms with Crippen LogP contribution < -0.4 is 4.74 Å². The van der Waals surface area contributed by atoms with Gasteiger partial charge in [-0.1, -0.05) is 23.3 Å². The van der Waals surface area contributed by atoms with E-state index in [4.69, 9.17) is 4.74 Å². The minimum atomic E-state index is 0.252. The number of nitrogens with zero attached hydrogens (tertiary/aromatic N) is 1. The van der Waals surface area contributed by atoms with Gasteiger partial charge >= 0.3 is 0 Å². The molecule has 1 aliphatic carbocycles. The smallest absolute Gasteiger partial charge is 0.227 e. The molecule has 0 spiro atoms. The van der Waals surface area contributed by atoms with E-state index in [0.717, 1.165) is 37.2 Å². The molecule has 1 heterocycles. The van der Waals surface area contributed by atoms with Crippen LogP contribution >= 0.6 is 0 Å². The van der Waals surface area contributed by atoms with Crippen molar-refractivity contribution in [2.75, 3.05) is 19.7 Å².